The summed E-state index contributed by atoms with van der Waals surface area (Å²) in [4.78, 5) is 21.2. The third kappa shape index (κ3) is 3.77. The predicted octanol–water partition coefficient (Wildman–Crippen LogP) is 1.34. The van der Waals surface area contributed by atoms with Gasteiger partial charge in [0, 0.05) is 25.0 Å². The maximum atomic E-state index is 12.8. The Kier molecular flexibility index (Phi) is 5.48. The zero-order valence-electron chi connectivity index (χ0n) is 14.8. The molecule has 1 aromatic rings. The molecule has 3 atom stereocenters. The van der Waals surface area contributed by atoms with Crippen LogP contribution in [0.2, 0.25) is 0 Å². The summed E-state index contributed by atoms with van der Waals surface area (Å²) in [5.74, 6) is 0.0507. The van der Waals surface area contributed by atoms with Gasteiger partial charge in [0.25, 0.3) is 5.91 Å². The highest BCUT2D eigenvalue weighted by atomic mass is 16.5. The molecule has 0 spiro atoms. The lowest BCUT2D eigenvalue weighted by Crippen LogP contribution is -2.54. The number of hydrogen-bond acceptors (Lipinski definition) is 5. The first-order valence-corrected chi connectivity index (χ1v) is 8.68. The van der Waals surface area contributed by atoms with E-state index in [4.69, 9.17) is 9.47 Å². The van der Waals surface area contributed by atoms with Crippen LogP contribution >= 0.6 is 0 Å². The molecule has 24 heavy (non-hydrogen) atoms. The number of hydrogen-bond donors (Lipinski definition) is 0. The first-order chi connectivity index (χ1) is 11.6. The van der Waals surface area contributed by atoms with E-state index < -0.39 is 0 Å². The van der Waals surface area contributed by atoms with Crippen LogP contribution in [0.25, 0.3) is 0 Å². The average molecular weight is 333 g/mol. The number of morpholine rings is 1. The average Bonchev–Trinajstić information content (AvgIpc) is 2.98. The molecule has 0 N–H and O–H groups in total. The summed E-state index contributed by atoms with van der Waals surface area (Å²) in [5, 5.41) is 0. The van der Waals surface area contributed by atoms with Crippen LogP contribution in [0.15, 0.2) is 18.3 Å². The summed E-state index contributed by atoms with van der Waals surface area (Å²) >= 11 is 0. The Morgan fingerprint density at radius 3 is 2.96 bits per heavy atom. The van der Waals surface area contributed by atoms with E-state index in [9.17, 15) is 4.79 Å². The molecule has 1 amide bonds. The summed E-state index contributed by atoms with van der Waals surface area (Å²) in [6.45, 7) is 4.72. The second kappa shape index (κ2) is 7.59. The molecule has 3 rings (SSSR count). The van der Waals surface area contributed by atoms with E-state index in [1.54, 1.807) is 6.20 Å². The minimum atomic E-state index is -0.0109. The van der Waals surface area contributed by atoms with Crippen LogP contribution in [-0.2, 0) is 9.47 Å². The molecule has 2 fully saturated rings. The number of fused-ring (bicyclic) bond motifs is 1. The monoisotopic (exact) mass is 333 g/mol. The highest BCUT2D eigenvalue weighted by molar-refractivity contribution is 5.94. The molecule has 2 aliphatic rings. The Balaban J connectivity index is 1.64. The topological polar surface area (TPSA) is 54.9 Å². The van der Waals surface area contributed by atoms with Gasteiger partial charge >= 0.3 is 0 Å². The van der Waals surface area contributed by atoms with Gasteiger partial charge in [0.05, 0.1) is 30.9 Å². The molecular weight excluding hydrogens is 306 g/mol. The van der Waals surface area contributed by atoms with Crippen LogP contribution in [0.3, 0.4) is 0 Å². The number of amides is 1. The summed E-state index contributed by atoms with van der Waals surface area (Å²) < 4.78 is 12.0. The van der Waals surface area contributed by atoms with Crippen molar-refractivity contribution in [3.63, 3.8) is 0 Å². The van der Waals surface area contributed by atoms with E-state index in [0.717, 1.165) is 25.1 Å². The molecule has 1 aromatic heterocycles. The van der Waals surface area contributed by atoms with E-state index in [1.165, 1.54) is 0 Å². The van der Waals surface area contributed by atoms with Gasteiger partial charge in [-0.25, -0.2) is 0 Å². The molecule has 6 heteroatoms. The van der Waals surface area contributed by atoms with Crippen molar-refractivity contribution in [1.82, 2.24) is 14.8 Å². The van der Waals surface area contributed by atoms with E-state index in [1.807, 2.05) is 38.1 Å². The summed E-state index contributed by atoms with van der Waals surface area (Å²) in [7, 11) is 4.07. The first kappa shape index (κ1) is 17.3. The fourth-order valence-corrected chi connectivity index (χ4v) is 3.49. The SMILES string of the molecule is Cc1ccc(C(=O)N2CCO[C@H]3[C@H](OCCN(C)C)CC[C@@H]32)cn1. The first-order valence-electron chi connectivity index (χ1n) is 8.68. The quantitative estimate of drug-likeness (QED) is 0.814. The molecule has 1 saturated heterocycles. The van der Waals surface area contributed by atoms with E-state index in [0.29, 0.717) is 25.3 Å². The minimum Gasteiger partial charge on any atom is -0.374 e. The lowest BCUT2D eigenvalue weighted by molar-refractivity contribution is -0.105. The Labute approximate surface area is 143 Å². The number of likely N-dealkylation sites (N-methyl/N-ethyl adjacent to an activating group) is 1. The van der Waals surface area contributed by atoms with Crippen LogP contribution in [0, 0.1) is 6.92 Å². The van der Waals surface area contributed by atoms with Crippen LogP contribution in [-0.4, -0.2) is 79.3 Å². The summed E-state index contributed by atoms with van der Waals surface area (Å²) in [6, 6.07) is 3.85. The Hall–Kier alpha value is -1.50. The van der Waals surface area contributed by atoms with E-state index in [-0.39, 0.29) is 24.2 Å². The van der Waals surface area contributed by atoms with Crippen molar-refractivity contribution in [1.29, 1.82) is 0 Å². The molecule has 0 unspecified atom stereocenters. The van der Waals surface area contributed by atoms with Gasteiger partial charge in [-0.05, 0) is 46.0 Å². The maximum Gasteiger partial charge on any atom is 0.255 e. The van der Waals surface area contributed by atoms with E-state index in [2.05, 4.69) is 9.88 Å². The van der Waals surface area contributed by atoms with Crippen LogP contribution < -0.4 is 0 Å². The summed E-state index contributed by atoms with van der Waals surface area (Å²) in [6.07, 6.45) is 3.62. The molecular formula is C18H27N3O3. The van der Waals surface area contributed by atoms with Crippen molar-refractivity contribution in [2.24, 2.45) is 0 Å². The number of carbonyl (C=O) groups is 1. The predicted molar refractivity (Wildman–Crippen MR) is 91.1 cm³/mol. The smallest absolute Gasteiger partial charge is 0.255 e. The number of nitrogens with zero attached hydrogens (tertiary/aromatic N) is 3. The number of carbonyl (C=O) groups excluding carboxylic acids is 1. The van der Waals surface area contributed by atoms with Crippen molar-refractivity contribution in [2.75, 3.05) is 40.4 Å². The third-order valence-corrected chi connectivity index (χ3v) is 4.83. The molecule has 6 nitrogen and oxygen atoms in total. The summed E-state index contributed by atoms with van der Waals surface area (Å²) in [5.41, 5.74) is 1.57. The number of rotatable bonds is 5. The van der Waals surface area contributed by atoms with Crippen molar-refractivity contribution in [3.05, 3.63) is 29.6 Å². The maximum absolute atomic E-state index is 12.8. The lowest BCUT2D eigenvalue weighted by atomic mass is 10.1. The number of aryl methyl sites for hydroxylation is 1. The van der Waals surface area contributed by atoms with Crippen LogP contribution in [0.1, 0.15) is 28.9 Å². The lowest BCUT2D eigenvalue weighted by Gasteiger charge is -2.39. The van der Waals surface area contributed by atoms with Gasteiger partial charge < -0.3 is 19.3 Å². The number of aromatic nitrogens is 1. The van der Waals surface area contributed by atoms with Gasteiger partial charge in [0.1, 0.15) is 6.10 Å². The second-order valence-corrected chi connectivity index (χ2v) is 6.88. The Morgan fingerprint density at radius 2 is 2.25 bits per heavy atom. The fraction of sp³-hybridized carbons (Fsp3) is 0.667. The van der Waals surface area contributed by atoms with Gasteiger partial charge in [-0.15, -0.1) is 0 Å². The standard InChI is InChI=1S/C18H27N3O3/c1-13-4-5-14(12-19-13)18(22)21-9-11-24-17-15(21)6-7-16(17)23-10-8-20(2)3/h4-5,12,15-17H,6-11H2,1-3H3/t15-,16+,17+/m0/s1. The van der Waals surface area contributed by atoms with Gasteiger partial charge in [0.15, 0.2) is 0 Å². The van der Waals surface area contributed by atoms with Crippen LogP contribution in [0.4, 0.5) is 0 Å². The van der Waals surface area contributed by atoms with Crippen LogP contribution in [0.5, 0.6) is 0 Å². The third-order valence-electron chi connectivity index (χ3n) is 4.83. The Bertz CT molecular complexity index is 561. The normalized spacial score (nSPS) is 26.7. The van der Waals surface area contributed by atoms with Gasteiger partial charge in [0.2, 0.25) is 0 Å². The minimum absolute atomic E-state index is 0.0109. The molecule has 132 valence electrons. The molecule has 0 bridgehead atoms. The molecule has 1 aliphatic carbocycles. The zero-order chi connectivity index (χ0) is 17.1. The highest BCUT2D eigenvalue weighted by Crippen LogP contribution is 2.32. The zero-order valence-corrected chi connectivity index (χ0v) is 14.8. The molecule has 1 aliphatic heterocycles. The van der Waals surface area contributed by atoms with Crippen molar-refractivity contribution in [3.8, 4) is 0 Å². The van der Waals surface area contributed by atoms with Gasteiger partial charge in [-0.3, -0.25) is 9.78 Å². The Morgan fingerprint density at radius 1 is 1.42 bits per heavy atom. The van der Waals surface area contributed by atoms with Gasteiger partial charge in [-0.2, -0.15) is 0 Å². The number of ether oxygens (including phenoxy) is 2. The molecule has 0 radical (unpaired) electrons. The fourth-order valence-electron chi connectivity index (χ4n) is 3.49. The second-order valence-electron chi connectivity index (χ2n) is 6.88. The van der Waals surface area contributed by atoms with Crippen molar-refractivity contribution < 1.29 is 14.3 Å². The van der Waals surface area contributed by atoms with Crippen molar-refractivity contribution in [2.45, 2.75) is 38.0 Å². The van der Waals surface area contributed by atoms with Crippen molar-refractivity contribution >= 4 is 5.91 Å². The highest BCUT2D eigenvalue weighted by Gasteiger charge is 2.45. The molecule has 1 saturated carbocycles. The number of pyridine rings is 1. The molecule has 0 aromatic carbocycles. The van der Waals surface area contributed by atoms with Gasteiger partial charge in [-0.1, -0.05) is 0 Å². The van der Waals surface area contributed by atoms with E-state index >= 15 is 0 Å². The largest absolute Gasteiger partial charge is 0.374 e. The molecule has 2 heterocycles.